The van der Waals surface area contributed by atoms with Crippen molar-refractivity contribution in [1.29, 1.82) is 0 Å². The number of nitrogens with two attached hydrogens (primary N) is 1. The molecule has 0 bridgehead atoms. The fourth-order valence-electron chi connectivity index (χ4n) is 3.29. The monoisotopic (exact) mass is 245 g/mol. The van der Waals surface area contributed by atoms with Gasteiger partial charge >= 0.3 is 0 Å². The summed E-state index contributed by atoms with van der Waals surface area (Å²) in [6, 6.07) is 7.16. The second-order valence-electron chi connectivity index (χ2n) is 5.66. The number of rotatable bonds is 4. The van der Waals surface area contributed by atoms with Crippen molar-refractivity contribution in [2.75, 3.05) is 0 Å². The summed E-state index contributed by atoms with van der Waals surface area (Å²) in [5.41, 5.74) is 10.8. The van der Waals surface area contributed by atoms with Gasteiger partial charge in [0, 0.05) is 6.04 Å². The van der Waals surface area contributed by atoms with Crippen LogP contribution in [0.5, 0.6) is 0 Å². The third-order valence-corrected chi connectivity index (χ3v) is 4.53. The van der Waals surface area contributed by atoms with Crippen molar-refractivity contribution in [2.24, 2.45) is 11.7 Å². The lowest BCUT2D eigenvalue weighted by molar-refractivity contribution is 0.308. The maximum atomic E-state index is 6.48. The van der Waals surface area contributed by atoms with Gasteiger partial charge in [0.25, 0.3) is 0 Å². The van der Waals surface area contributed by atoms with Crippen molar-refractivity contribution in [3.05, 3.63) is 34.9 Å². The van der Waals surface area contributed by atoms with Crippen molar-refractivity contribution < 1.29 is 0 Å². The highest BCUT2D eigenvalue weighted by Gasteiger charge is 2.22. The van der Waals surface area contributed by atoms with Crippen LogP contribution in [0.4, 0.5) is 0 Å². The van der Waals surface area contributed by atoms with Gasteiger partial charge < -0.3 is 5.73 Å². The lowest BCUT2D eigenvalue weighted by atomic mass is 9.81. The second kappa shape index (κ2) is 6.38. The molecule has 1 saturated carbocycles. The van der Waals surface area contributed by atoms with Crippen molar-refractivity contribution >= 4 is 0 Å². The van der Waals surface area contributed by atoms with E-state index in [2.05, 4.69) is 32.0 Å². The summed E-state index contributed by atoms with van der Waals surface area (Å²) in [4.78, 5) is 0. The average molecular weight is 245 g/mol. The molecule has 0 spiro atoms. The first-order valence-electron chi connectivity index (χ1n) is 7.63. The zero-order valence-corrected chi connectivity index (χ0v) is 11.9. The SMILES string of the molecule is CCc1ccc(C(N)C2CCCCC2)cc1CC. The number of hydrogen-bond acceptors (Lipinski definition) is 1. The normalized spacial score (nSPS) is 18.8. The Balaban J connectivity index is 2.16. The Morgan fingerprint density at radius 2 is 1.72 bits per heavy atom. The van der Waals surface area contributed by atoms with E-state index in [4.69, 9.17) is 5.73 Å². The van der Waals surface area contributed by atoms with Crippen LogP contribution in [-0.4, -0.2) is 0 Å². The summed E-state index contributed by atoms with van der Waals surface area (Å²) in [6.07, 6.45) is 9.02. The van der Waals surface area contributed by atoms with E-state index >= 15 is 0 Å². The quantitative estimate of drug-likeness (QED) is 0.836. The molecule has 1 fully saturated rings. The molecule has 100 valence electrons. The lowest BCUT2D eigenvalue weighted by Crippen LogP contribution is -2.23. The standard InChI is InChI=1S/C17H27N/c1-3-13-10-11-16(12-14(13)4-2)17(18)15-8-6-5-7-9-15/h10-12,15,17H,3-9,18H2,1-2H3. The molecule has 1 heteroatoms. The highest BCUT2D eigenvalue weighted by atomic mass is 14.7. The molecule has 1 unspecified atom stereocenters. The van der Waals surface area contributed by atoms with Crippen LogP contribution in [0.2, 0.25) is 0 Å². The minimum Gasteiger partial charge on any atom is -0.324 e. The van der Waals surface area contributed by atoms with Crippen LogP contribution in [0.1, 0.15) is 68.7 Å². The van der Waals surface area contributed by atoms with Gasteiger partial charge in [-0.15, -0.1) is 0 Å². The predicted molar refractivity (Wildman–Crippen MR) is 78.7 cm³/mol. The minimum atomic E-state index is 0.251. The molecule has 2 rings (SSSR count). The van der Waals surface area contributed by atoms with Crippen LogP contribution in [0.3, 0.4) is 0 Å². The van der Waals surface area contributed by atoms with Crippen LogP contribution in [0.25, 0.3) is 0 Å². The van der Waals surface area contributed by atoms with Gasteiger partial charge in [-0.2, -0.15) is 0 Å². The van der Waals surface area contributed by atoms with Gasteiger partial charge in [-0.3, -0.25) is 0 Å². The highest BCUT2D eigenvalue weighted by Crippen LogP contribution is 2.33. The van der Waals surface area contributed by atoms with E-state index in [1.807, 2.05) is 0 Å². The molecule has 1 aliphatic rings. The molecule has 1 nitrogen and oxygen atoms in total. The minimum absolute atomic E-state index is 0.251. The van der Waals surface area contributed by atoms with Crippen molar-refractivity contribution in [3.63, 3.8) is 0 Å². The topological polar surface area (TPSA) is 26.0 Å². The zero-order valence-electron chi connectivity index (χ0n) is 11.9. The molecule has 0 saturated heterocycles. The Bertz CT molecular complexity index is 377. The van der Waals surface area contributed by atoms with E-state index in [0.717, 1.165) is 12.8 Å². The fourth-order valence-corrected chi connectivity index (χ4v) is 3.29. The third-order valence-electron chi connectivity index (χ3n) is 4.53. The van der Waals surface area contributed by atoms with E-state index in [1.165, 1.54) is 48.8 Å². The second-order valence-corrected chi connectivity index (χ2v) is 5.66. The molecule has 0 radical (unpaired) electrons. The smallest absolute Gasteiger partial charge is 0.0323 e. The molecule has 2 N–H and O–H groups in total. The fraction of sp³-hybridized carbons (Fsp3) is 0.647. The molecule has 0 aliphatic heterocycles. The Morgan fingerprint density at radius 3 is 2.33 bits per heavy atom. The van der Waals surface area contributed by atoms with Crippen LogP contribution < -0.4 is 5.73 Å². The first-order valence-corrected chi connectivity index (χ1v) is 7.63. The van der Waals surface area contributed by atoms with Crippen LogP contribution in [0.15, 0.2) is 18.2 Å². The summed E-state index contributed by atoms with van der Waals surface area (Å²) in [6.45, 7) is 4.47. The van der Waals surface area contributed by atoms with Gasteiger partial charge in [0.2, 0.25) is 0 Å². The Labute approximate surface area is 112 Å². The molecule has 1 aliphatic carbocycles. The molecule has 18 heavy (non-hydrogen) atoms. The molecule has 1 atom stereocenters. The first kappa shape index (κ1) is 13.6. The molecule has 1 aromatic carbocycles. The van der Waals surface area contributed by atoms with Gasteiger partial charge in [0.05, 0.1) is 0 Å². The number of hydrogen-bond donors (Lipinski definition) is 1. The molecule has 1 aromatic rings. The van der Waals surface area contributed by atoms with E-state index in [-0.39, 0.29) is 6.04 Å². The summed E-state index contributed by atoms with van der Waals surface area (Å²) in [5, 5.41) is 0. The molecule has 0 aromatic heterocycles. The van der Waals surface area contributed by atoms with Crippen LogP contribution >= 0.6 is 0 Å². The van der Waals surface area contributed by atoms with Crippen molar-refractivity contribution in [1.82, 2.24) is 0 Å². The molecule has 0 amide bonds. The summed E-state index contributed by atoms with van der Waals surface area (Å²) in [7, 11) is 0. The van der Waals surface area contributed by atoms with Gasteiger partial charge in [0.15, 0.2) is 0 Å². The highest BCUT2D eigenvalue weighted by molar-refractivity contribution is 5.34. The molecular weight excluding hydrogens is 218 g/mol. The maximum Gasteiger partial charge on any atom is 0.0323 e. The zero-order chi connectivity index (χ0) is 13.0. The van der Waals surface area contributed by atoms with Gasteiger partial charge in [-0.25, -0.2) is 0 Å². The van der Waals surface area contributed by atoms with E-state index in [1.54, 1.807) is 0 Å². The maximum absolute atomic E-state index is 6.48. The number of benzene rings is 1. The van der Waals surface area contributed by atoms with Gasteiger partial charge in [-0.05, 0) is 48.3 Å². The van der Waals surface area contributed by atoms with Crippen molar-refractivity contribution in [3.8, 4) is 0 Å². The van der Waals surface area contributed by atoms with Crippen molar-refractivity contribution in [2.45, 2.75) is 64.8 Å². The molecular formula is C17H27N. The van der Waals surface area contributed by atoms with Gasteiger partial charge in [0.1, 0.15) is 0 Å². The Kier molecular flexibility index (Phi) is 4.82. The lowest BCUT2D eigenvalue weighted by Gasteiger charge is -2.28. The Morgan fingerprint density at radius 1 is 1.06 bits per heavy atom. The summed E-state index contributed by atoms with van der Waals surface area (Å²) >= 11 is 0. The largest absolute Gasteiger partial charge is 0.324 e. The van der Waals surface area contributed by atoms with Crippen LogP contribution in [-0.2, 0) is 12.8 Å². The van der Waals surface area contributed by atoms with E-state index in [0.29, 0.717) is 5.92 Å². The average Bonchev–Trinajstić information content (AvgIpc) is 2.46. The van der Waals surface area contributed by atoms with E-state index in [9.17, 15) is 0 Å². The number of aryl methyl sites for hydroxylation is 2. The summed E-state index contributed by atoms with van der Waals surface area (Å²) < 4.78 is 0. The van der Waals surface area contributed by atoms with E-state index < -0.39 is 0 Å². The predicted octanol–water partition coefficient (Wildman–Crippen LogP) is 4.39. The van der Waals surface area contributed by atoms with Gasteiger partial charge in [-0.1, -0.05) is 51.3 Å². The first-order chi connectivity index (χ1) is 8.76. The third kappa shape index (κ3) is 2.95. The summed E-state index contributed by atoms with van der Waals surface area (Å²) in [5.74, 6) is 0.705. The molecule has 0 heterocycles. The van der Waals surface area contributed by atoms with Crippen LogP contribution in [0, 0.1) is 5.92 Å². The Hall–Kier alpha value is -0.820.